The van der Waals surface area contributed by atoms with Gasteiger partial charge in [0.1, 0.15) is 0 Å². The van der Waals surface area contributed by atoms with Crippen molar-refractivity contribution in [1.29, 1.82) is 0 Å². The van der Waals surface area contributed by atoms with Crippen molar-refractivity contribution in [3.05, 3.63) is 0 Å². The second-order valence-corrected chi connectivity index (χ2v) is 4.36. The van der Waals surface area contributed by atoms with Crippen LogP contribution >= 0.6 is 0 Å². The highest BCUT2D eigenvalue weighted by Crippen LogP contribution is 2.23. The lowest BCUT2D eigenvalue weighted by Gasteiger charge is -2.34. The minimum absolute atomic E-state index is 0.518. The SMILES string of the molecule is CCC.CCC1CN2CCCC2CO1. The van der Waals surface area contributed by atoms with E-state index in [1.807, 2.05) is 0 Å². The van der Waals surface area contributed by atoms with Gasteiger partial charge in [-0.1, -0.05) is 27.2 Å². The van der Waals surface area contributed by atoms with Gasteiger partial charge in [0.05, 0.1) is 12.7 Å². The van der Waals surface area contributed by atoms with E-state index < -0.39 is 0 Å². The zero-order valence-electron chi connectivity index (χ0n) is 9.96. The smallest absolute Gasteiger partial charge is 0.0700 e. The van der Waals surface area contributed by atoms with E-state index in [1.54, 1.807) is 0 Å². The standard InChI is InChI=1S/C9H17NO.C3H8/c1-2-9-6-10-5-3-4-8(10)7-11-9;1-3-2/h8-9H,2-7H2,1H3;3H2,1-2H3. The first-order chi connectivity index (χ1) is 6.81. The minimum atomic E-state index is 0.518. The van der Waals surface area contributed by atoms with Crippen LogP contribution in [0.15, 0.2) is 0 Å². The maximum Gasteiger partial charge on any atom is 0.0700 e. The van der Waals surface area contributed by atoms with Gasteiger partial charge in [0.2, 0.25) is 0 Å². The van der Waals surface area contributed by atoms with Crippen molar-refractivity contribution >= 4 is 0 Å². The van der Waals surface area contributed by atoms with E-state index in [1.165, 1.54) is 38.8 Å². The van der Waals surface area contributed by atoms with Crippen molar-refractivity contribution in [3.8, 4) is 0 Å². The van der Waals surface area contributed by atoms with Crippen LogP contribution in [0.4, 0.5) is 0 Å². The quantitative estimate of drug-likeness (QED) is 0.644. The Morgan fingerprint density at radius 3 is 2.64 bits per heavy atom. The molecule has 0 N–H and O–H groups in total. The van der Waals surface area contributed by atoms with Crippen molar-refractivity contribution in [2.45, 2.75) is 58.6 Å². The van der Waals surface area contributed by atoms with E-state index in [4.69, 9.17) is 4.74 Å². The fourth-order valence-corrected chi connectivity index (χ4v) is 2.13. The molecule has 2 saturated heterocycles. The van der Waals surface area contributed by atoms with Crippen molar-refractivity contribution < 1.29 is 4.74 Å². The van der Waals surface area contributed by atoms with Crippen LogP contribution in [0, 0.1) is 0 Å². The van der Waals surface area contributed by atoms with Gasteiger partial charge in [-0.3, -0.25) is 4.90 Å². The molecule has 0 aromatic heterocycles. The van der Waals surface area contributed by atoms with E-state index in [0.29, 0.717) is 6.10 Å². The summed E-state index contributed by atoms with van der Waals surface area (Å²) in [7, 11) is 0. The number of ether oxygens (including phenoxy) is 1. The highest BCUT2D eigenvalue weighted by molar-refractivity contribution is 4.84. The summed E-state index contributed by atoms with van der Waals surface area (Å²) in [4.78, 5) is 2.59. The normalized spacial score (nSPS) is 31.9. The van der Waals surface area contributed by atoms with Crippen LogP contribution in [-0.2, 0) is 4.74 Å². The number of nitrogens with zero attached hydrogens (tertiary/aromatic N) is 1. The van der Waals surface area contributed by atoms with Crippen molar-refractivity contribution in [2.24, 2.45) is 0 Å². The summed E-state index contributed by atoms with van der Waals surface area (Å²) in [6, 6.07) is 0.762. The van der Waals surface area contributed by atoms with Crippen LogP contribution in [-0.4, -0.2) is 36.7 Å². The molecule has 2 rings (SSSR count). The summed E-state index contributed by atoms with van der Waals surface area (Å²) in [5.74, 6) is 0. The number of hydrogen-bond donors (Lipinski definition) is 0. The van der Waals surface area contributed by atoms with Gasteiger partial charge in [-0.15, -0.1) is 0 Å². The highest BCUT2D eigenvalue weighted by atomic mass is 16.5. The molecule has 0 radical (unpaired) electrons. The Morgan fingerprint density at radius 2 is 2.00 bits per heavy atom. The summed E-state index contributed by atoms with van der Waals surface area (Å²) in [6.45, 7) is 9.94. The van der Waals surface area contributed by atoms with Crippen LogP contribution in [0.5, 0.6) is 0 Å². The van der Waals surface area contributed by atoms with Gasteiger partial charge in [-0.05, 0) is 25.8 Å². The van der Waals surface area contributed by atoms with E-state index >= 15 is 0 Å². The first-order valence-corrected chi connectivity index (χ1v) is 6.17. The molecule has 0 aromatic rings. The highest BCUT2D eigenvalue weighted by Gasteiger charge is 2.31. The number of rotatable bonds is 1. The van der Waals surface area contributed by atoms with Gasteiger partial charge in [0.25, 0.3) is 0 Å². The molecule has 2 aliphatic heterocycles. The molecule has 0 bridgehead atoms. The summed E-state index contributed by atoms with van der Waals surface area (Å²) in [6.07, 6.45) is 5.67. The lowest BCUT2D eigenvalue weighted by Crippen LogP contribution is -2.45. The average molecular weight is 199 g/mol. The predicted molar refractivity (Wildman–Crippen MR) is 60.6 cm³/mol. The van der Waals surface area contributed by atoms with Gasteiger partial charge >= 0.3 is 0 Å². The zero-order valence-corrected chi connectivity index (χ0v) is 9.96. The maximum absolute atomic E-state index is 5.70. The van der Waals surface area contributed by atoms with E-state index in [0.717, 1.165) is 12.6 Å². The van der Waals surface area contributed by atoms with Crippen molar-refractivity contribution in [1.82, 2.24) is 4.90 Å². The Bertz CT molecular complexity index is 149. The predicted octanol–water partition coefficient (Wildman–Crippen LogP) is 2.68. The minimum Gasteiger partial charge on any atom is -0.375 e. The topological polar surface area (TPSA) is 12.5 Å². The van der Waals surface area contributed by atoms with Crippen LogP contribution in [0.1, 0.15) is 46.5 Å². The van der Waals surface area contributed by atoms with Crippen molar-refractivity contribution in [3.63, 3.8) is 0 Å². The largest absolute Gasteiger partial charge is 0.375 e. The molecule has 0 aliphatic carbocycles. The van der Waals surface area contributed by atoms with Crippen molar-refractivity contribution in [2.75, 3.05) is 19.7 Å². The third-order valence-electron chi connectivity index (χ3n) is 2.92. The summed E-state index contributed by atoms with van der Waals surface area (Å²) in [5, 5.41) is 0. The number of fused-ring (bicyclic) bond motifs is 1. The second-order valence-electron chi connectivity index (χ2n) is 4.36. The monoisotopic (exact) mass is 199 g/mol. The Morgan fingerprint density at radius 1 is 1.29 bits per heavy atom. The Hall–Kier alpha value is -0.0800. The lowest BCUT2D eigenvalue weighted by atomic mass is 10.1. The third-order valence-corrected chi connectivity index (χ3v) is 2.92. The fourth-order valence-electron chi connectivity index (χ4n) is 2.13. The molecular weight excluding hydrogens is 174 g/mol. The lowest BCUT2D eigenvalue weighted by molar-refractivity contribution is -0.0494. The first kappa shape index (κ1) is 12.0. The van der Waals surface area contributed by atoms with Crippen LogP contribution in [0.3, 0.4) is 0 Å². The van der Waals surface area contributed by atoms with E-state index in [2.05, 4.69) is 25.7 Å². The van der Waals surface area contributed by atoms with Gasteiger partial charge in [-0.25, -0.2) is 0 Å². The average Bonchev–Trinajstić information content (AvgIpc) is 2.65. The molecule has 0 spiro atoms. The molecular formula is C12H25NO. The number of hydrogen-bond acceptors (Lipinski definition) is 2. The second kappa shape index (κ2) is 6.41. The molecule has 2 heterocycles. The third kappa shape index (κ3) is 3.25. The molecule has 2 nitrogen and oxygen atoms in total. The molecule has 2 fully saturated rings. The first-order valence-electron chi connectivity index (χ1n) is 6.17. The molecule has 0 aromatic carbocycles. The van der Waals surface area contributed by atoms with E-state index in [-0.39, 0.29) is 0 Å². The fraction of sp³-hybridized carbons (Fsp3) is 1.00. The number of morpholine rings is 1. The molecule has 0 amide bonds. The Balaban J connectivity index is 0.000000293. The van der Waals surface area contributed by atoms with Gasteiger partial charge in [0.15, 0.2) is 0 Å². The molecule has 0 saturated carbocycles. The summed E-state index contributed by atoms with van der Waals surface area (Å²) >= 11 is 0. The molecule has 2 heteroatoms. The Labute approximate surface area is 88.6 Å². The van der Waals surface area contributed by atoms with Crippen LogP contribution in [0.2, 0.25) is 0 Å². The van der Waals surface area contributed by atoms with E-state index in [9.17, 15) is 0 Å². The van der Waals surface area contributed by atoms with Gasteiger partial charge in [-0.2, -0.15) is 0 Å². The molecule has 84 valence electrons. The zero-order chi connectivity index (χ0) is 10.4. The Kier molecular flexibility index (Phi) is 5.49. The maximum atomic E-state index is 5.70. The molecule has 2 atom stereocenters. The van der Waals surface area contributed by atoms with Crippen LogP contribution in [0.25, 0.3) is 0 Å². The van der Waals surface area contributed by atoms with Gasteiger partial charge in [0, 0.05) is 12.6 Å². The molecule has 2 aliphatic rings. The summed E-state index contributed by atoms with van der Waals surface area (Å²) in [5.41, 5.74) is 0. The van der Waals surface area contributed by atoms with Crippen LogP contribution < -0.4 is 0 Å². The summed E-state index contributed by atoms with van der Waals surface area (Å²) < 4.78 is 5.70. The molecule has 14 heavy (non-hydrogen) atoms. The molecule has 2 unspecified atom stereocenters. The van der Waals surface area contributed by atoms with Gasteiger partial charge < -0.3 is 4.74 Å².